The Kier molecular flexibility index (Phi) is 3.90. The number of rotatable bonds is 5. The first-order valence-electron chi connectivity index (χ1n) is 7.73. The van der Waals surface area contributed by atoms with Gasteiger partial charge >= 0.3 is 5.97 Å². The van der Waals surface area contributed by atoms with Crippen molar-refractivity contribution >= 4 is 11.9 Å². The molecule has 0 aliphatic carbocycles. The zero-order chi connectivity index (χ0) is 15.9. The normalized spacial score (nSPS) is 31.2. The monoisotopic (exact) mass is 307 g/mol. The lowest BCUT2D eigenvalue weighted by atomic mass is 9.78. The van der Waals surface area contributed by atoms with Crippen LogP contribution in [-0.4, -0.2) is 39.0 Å². The molecule has 2 aliphatic rings. The van der Waals surface area contributed by atoms with E-state index < -0.39 is 17.8 Å². The van der Waals surface area contributed by atoms with Gasteiger partial charge in [0, 0.05) is 12.7 Å². The van der Waals surface area contributed by atoms with Crippen molar-refractivity contribution in [1.29, 1.82) is 0 Å². The van der Waals surface area contributed by atoms with Gasteiger partial charge in [-0.25, -0.2) is 0 Å². The molecule has 1 aromatic rings. The van der Waals surface area contributed by atoms with Crippen LogP contribution >= 0.6 is 0 Å². The maximum absolute atomic E-state index is 12.6. The summed E-state index contributed by atoms with van der Waals surface area (Å²) in [7, 11) is 0. The Labute approximate surface area is 128 Å². The minimum absolute atomic E-state index is 0.219. The van der Waals surface area contributed by atoms with Crippen molar-refractivity contribution in [2.24, 2.45) is 11.8 Å². The summed E-state index contributed by atoms with van der Waals surface area (Å²) in [6.45, 7) is 4.58. The summed E-state index contributed by atoms with van der Waals surface area (Å²) in [5.41, 5.74) is 0.909. The number of aryl methyl sites for hydroxylation is 1. The highest BCUT2D eigenvalue weighted by atomic mass is 16.5. The van der Waals surface area contributed by atoms with Gasteiger partial charge < -0.3 is 15.2 Å². The van der Waals surface area contributed by atoms with E-state index in [0.29, 0.717) is 0 Å². The number of aliphatic carboxylic acids is 1. The number of hydrogen-bond donors (Lipinski definition) is 2. The Morgan fingerprint density at radius 2 is 2.14 bits per heavy atom. The van der Waals surface area contributed by atoms with Gasteiger partial charge in [0.25, 0.3) is 0 Å². The lowest BCUT2D eigenvalue weighted by molar-refractivity contribution is -0.148. The topological polar surface area (TPSA) is 93.5 Å². The van der Waals surface area contributed by atoms with Gasteiger partial charge in [0.05, 0.1) is 35.8 Å². The van der Waals surface area contributed by atoms with E-state index in [1.54, 1.807) is 6.20 Å². The van der Waals surface area contributed by atoms with Gasteiger partial charge in [-0.05, 0) is 32.8 Å². The maximum atomic E-state index is 12.6. The number of nitrogens with one attached hydrogen (secondary N) is 1. The first kappa shape index (κ1) is 15.0. The zero-order valence-corrected chi connectivity index (χ0v) is 12.7. The molecule has 3 heterocycles. The molecule has 5 atom stereocenters. The molecule has 5 unspecified atom stereocenters. The summed E-state index contributed by atoms with van der Waals surface area (Å²) in [6.07, 6.45) is 2.59. The highest BCUT2D eigenvalue weighted by Crippen LogP contribution is 2.43. The molecule has 7 heteroatoms. The van der Waals surface area contributed by atoms with Crippen LogP contribution in [-0.2, 0) is 20.9 Å². The fourth-order valence-electron chi connectivity index (χ4n) is 3.68. The molecule has 0 saturated carbocycles. The Balaban J connectivity index is 1.73. The molecule has 120 valence electrons. The van der Waals surface area contributed by atoms with Crippen molar-refractivity contribution in [3.05, 3.63) is 18.0 Å². The summed E-state index contributed by atoms with van der Waals surface area (Å²) in [5.74, 6) is -2.52. The molecule has 2 saturated heterocycles. The quantitative estimate of drug-likeness (QED) is 0.845. The van der Waals surface area contributed by atoms with Crippen LogP contribution in [0, 0.1) is 11.8 Å². The zero-order valence-electron chi connectivity index (χ0n) is 12.7. The summed E-state index contributed by atoms with van der Waals surface area (Å²) in [6, 6.07) is 1.64. The highest BCUT2D eigenvalue weighted by Gasteiger charge is 2.55. The number of hydrogen-bond acceptors (Lipinski definition) is 4. The predicted molar refractivity (Wildman–Crippen MR) is 77.0 cm³/mol. The number of carboxylic acids is 1. The highest BCUT2D eigenvalue weighted by molar-refractivity contribution is 5.86. The van der Waals surface area contributed by atoms with Crippen LogP contribution in [0.2, 0.25) is 0 Å². The third-order valence-corrected chi connectivity index (χ3v) is 4.71. The number of ether oxygens (including phenoxy) is 1. The maximum Gasteiger partial charge on any atom is 0.310 e. The minimum atomic E-state index is -0.946. The fourth-order valence-corrected chi connectivity index (χ4v) is 3.68. The van der Waals surface area contributed by atoms with E-state index >= 15 is 0 Å². The van der Waals surface area contributed by atoms with Gasteiger partial charge in [0.2, 0.25) is 5.91 Å². The molecular weight excluding hydrogens is 286 g/mol. The molecule has 1 amide bonds. The standard InChI is InChI=1S/C15H21N3O4/c1-3-18-9(6-7-16-18)8(2)17-14(19)12-10-4-5-11(22-10)13(12)15(20)21/h6-8,10-13H,3-5H2,1-2H3,(H,17,19)(H,20,21). The molecular formula is C15H21N3O4. The minimum Gasteiger partial charge on any atom is -0.481 e. The number of nitrogens with zero attached hydrogens (tertiary/aromatic N) is 2. The second-order valence-corrected chi connectivity index (χ2v) is 5.98. The van der Waals surface area contributed by atoms with Gasteiger partial charge in [0.1, 0.15) is 0 Å². The molecule has 3 rings (SSSR count). The van der Waals surface area contributed by atoms with Crippen molar-refractivity contribution in [3.8, 4) is 0 Å². The largest absolute Gasteiger partial charge is 0.481 e. The number of carboxylic acid groups (broad SMARTS) is 1. The summed E-state index contributed by atoms with van der Waals surface area (Å²) < 4.78 is 7.45. The molecule has 2 fully saturated rings. The molecule has 2 aliphatic heterocycles. The van der Waals surface area contributed by atoms with Gasteiger partial charge in [-0.2, -0.15) is 5.10 Å². The smallest absolute Gasteiger partial charge is 0.310 e. The average Bonchev–Trinajstić information content (AvgIpc) is 3.20. The predicted octanol–water partition coefficient (Wildman–Crippen LogP) is 0.958. The van der Waals surface area contributed by atoms with Crippen molar-refractivity contribution < 1.29 is 19.4 Å². The third kappa shape index (κ3) is 2.39. The Morgan fingerprint density at radius 3 is 2.77 bits per heavy atom. The molecule has 7 nitrogen and oxygen atoms in total. The second kappa shape index (κ2) is 5.72. The van der Waals surface area contributed by atoms with E-state index in [1.807, 2.05) is 24.6 Å². The molecule has 0 radical (unpaired) electrons. The molecule has 22 heavy (non-hydrogen) atoms. The molecule has 2 N–H and O–H groups in total. The number of fused-ring (bicyclic) bond motifs is 2. The van der Waals surface area contributed by atoms with E-state index in [2.05, 4.69) is 10.4 Å². The summed E-state index contributed by atoms with van der Waals surface area (Å²) in [4.78, 5) is 24.0. The van der Waals surface area contributed by atoms with E-state index in [1.165, 1.54) is 0 Å². The van der Waals surface area contributed by atoms with Crippen LogP contribution in [0.5, 0.6) is 0 Å². The van der Waals surface area contributed by atoms with Gasteiger partial charge in [-0.1, -0.05) is 0 Å². The van der Waals surface area contributed by atoms with Crippen molar-refractivity contribution in [2.45, 2.75) is 51.5 Å². The molecule has 0 spiro atoms. The first-order valence-corrected chi connectivity index (χ1v) is 7.73. The van der Waals surface area contributed by atoms with Gasteiger partial charge in [0.15, 0.2) is 0 Å². The Bertz CT molecular complexity index is 585. The first-order chi connectivity index (χ1) is 10.5. The van der Waals surface area contributed by atoms with E-state index in [-0.39, 0.29) is 24.2 Å². The van der Waals surface area contributed by atoms with Gasteiger partial charge in [-0.3, -0.25) is 14.3 Å². The van der Waals surface area contributed by atoms with Crippen LogP contribution < -0.4 is 5.32 Å². The van der Waals surface area contributed by atoms with Crippen LogP contribution in [0.4, 0.5) is 0 Å². The average molecular weight is 307 g/mol. The Hall–Kier alpha value is -1.89. The molecule has 2 bridgehead atoms. The number of carbonyl (C=O) groups excluding carboxylic acids is 1. The summed E-state index contributed by atoms with van der Waals surface area (Å²) in [5, 5.41) is 16.5. The van der Waals surface area contributed by atoms with Crippen LogP contribution in [0.3, 0.4) is 0 Å². The Morgan fingerprint density at radius 1 is 1.45 bits per heavy atom. The van der Waals surface area contributed by atoms with Crippen LogP contribution in [0.25, 0.3) is 0 Å². The number of amides is 1. The number of aromatic nitrogens is 2. The van der Waals surface area contributed by atoms with E-state index in [9.17, 15) is 14.7 Å². The molecule has 1 aromatic heterocycles. The van der Waals surface area contributed by atoms with Crippen molar-refractivity contribution in [3.63, 3.8) is 0 Å². The van der Waals surface area contributed by atoms with Crippen molar-refractivity contribution in [2.75, 3.05) is 0 Å². The number of carbonyl (C=O) groups is 2. The summed E-state index contributed by atoms with van der Waals surface area (Å²) >= 11 is 0. The third-order valence-electron chi connectivity index (χ3n) is 4.71. The second-order valence-electron chi connectivity index (χ2n) is 5.98. The van der Waals surface area contributed by atoms with E-state index in [0.717, 1.165) is 25.1 Å². The van der Waals surface area contributed by atoms with Crippen LogP contribution in [0.15, 0.2) is 12.3 Å². The lowest BCUT2D eigenvalue weighted by Crippen LogP contribution is -2.44. The SMILES string of the molecule is CCn1nccc1C(C)NC(=O)C1C2CCC(O2)C1C(=O)O. The van der Waals surface area contributed by atoms with Crippen LogP contribution in [0.1, 0.15) is 38.4 Å². The van der Waals surface area contributed by atoms with Crippen molar-refractivity contribution in [1.82, 2.24) is 15.1 Å². The van der Waals surface area contributed by atoms with Gasteiger partial charge in [-0.15, -0.1) is 0 Å². The molecule has 0 aromatic carbocycles. The fraction of sp³-hybridized carbons (Fsp3) is 0.667. The van der Waals surface area contributed by atoms with E-state index in [4.69, 9.17) is 4.74 Å². The lowest BCUT2D eigenvalue weighted by Gasteiger charge is -2.25.